The monoisotopic (exact) mass is 500 g/mol. The van der Waals surface area contributed by atoms with Crippen molar-refractivity contribution in [2.45, 2.75) is 38.1 Å². The van der Waals surface area contributed by atoms with Crippen LogP contribution in [0.15, 0.2) is 41.4 Å². The Morgan fingerprint density at radius 3 is 2.50 bits per heavy atom. The van der Waals surface area contributed by atoms with Gasteiger partial charge >= 0.3 is 5.97 Å². The molecule has 0 heterocycles. The highest BCUT2D eigenvalue weighted by Crippen LogP contribution is 2.29. The first-order valence-electron chi connectivity index (χ1n) is 11.4. The van der Waals surface area contributed by atoms with Gasteiger partial charge in [-0.05, 0) is 30.7 Å². The Balaban J connectivity index is 2.04. The molecular weight excluding hydrogens is 468 g/mol. The Morgan fingerprint density at radius 2 is 1.81 bits per heavy atom. The first-order chi connectivity index (χ1) is 17.2. The van der Waals surface area contributed by atoms with Crippen LogP contribution in [0.3, 0.4) is 0 Å². The number of rotatable bonds is 14. The number of amides is 3. The summed E-state index contributed by atoms with van der Waals surface area (Å²) >= 11 is 0. The molecule has 0 aliphatic carbocycles. The minimum Gasteiger partial charge on any atom is -0.496 e. The van der Waals surface area contributed by atoms with Crippen molar-refractivity contribution in [3.05, 3.63) is 36.4 Å². The van der Waals surface area contributed by atoms with Crippen molar-refractivity contribution in [3.63, 3.8) is 0 Å². The Kier molecular flexibility index (Phi) is 11.0. The Morgan fingerprint density at radius 1 is 1.06 bits per heavy atom. The van der Waals surface area contributed by atoms with Gasteiger partial charge in [0, 0.05) is 36.5 Å². The van der Waals surface area contributed by atoms with Gasteiger partial charge in [-0.1, -0.05) is 24.3 Å². The van der Waals surface area contributed by atoms with E-state index in [4.69, 9.17) is 21.3 Å². The van der Waals surface area contributed by atoms with Crippen LogP contribution in [0.25, 0.3) is 10.8 Å². The van der Waals surface area contributed by atoms with Gasteiger partial charge in [-0.2, -0.15) is 0 Å². The predicted molar refractivity (Wildman–Crippen MR) is 135 cm³/mol. The summed E-state index contributed by atoms with van der Waals surface area (Å²) in [4.78, 5) is 51.7. The summed E-state index contributed by atoms with van der Waals surface area (Å²) in [7, 11) is 1.54. The maximum Gasteiger partial charge on any atom is 0.303 e. The molecule has 2 aromatic rings. The Labute approximate surface area is 208 Å². The lowest BCUT2D eigenvalue weighted by atomic mass is 10.1. The molecule has 36 heavy (non-hydrogen) atoms. The molecule has 194 valence electrons. The van der Waals surface area contributed by atoms with Crippen molar-refractivity contribution >= 4 is 46.1 Å². The van der Waals surface area contributed by atoms with Crippen LogP contribution in [0.5, 0.6) is 5.75 Å². The molecule has 3 amide bonds. The number of carboxylic acid groups (broad SMARTS) is 1. The summed E-state index contributed by atoms with van der Waals surface area (Å²) in [6.07, 6.45) is 0.654. The molecule has 0 aliphatic rings. The van der Waals surface area contributed by atoms with E-state index in [1.54, 1.807) is 12.1 Å². The highest BCUT2D eigenvalue weighted by molar-refractivity contribution is 6.00. The molecule has 12 nitrogen and oxygen atoms in total. The van der Waals surface area contributed by atoms with Gasteiger partial charge in [0.15, 0.2) is 5.96 Å². The number of benzene rings is 2. The van der Waals surface area contributed by atoms with Crippen molar-refractivity contribution in [2.24, 2.45) is 16.5 Å². The van der Waals surface area contributed by atoms with Crippen LogP contribution >= 0.6 is 0 Å². The maximum absolute atomic E-state index is 13.1. The molecule has 0 aromatic heterocycles. The summed E-state index contributed by atoms with van der Waals surface area (Å²) in [5.74, 6) is -1.98. The van der Waals surface area contributed by atoms with Crippen LogP contribution < -0.4 is 32.2 Å². The molecule has 8 N–H and O–H groups in total. The average Bonchev–Trinajstić information content (AvgIpc) is 2.83. The summed E-state index contributed by atoms with van der Waals surface area (Å²) in [5.41, 5.74) is 11.2. The molecule has 2 aromatic carbocycles. The van der Waals surface area contributed by atoms with Crippen molar-refractivity contribution in [1.29, 1.82) is 0 Å². The third-order valence-electron chi connectivity index (χ3n) is 5.15. The summed E-state index contributed by atoms with van der Waals surface area (Å²) in [6, 6.07) is 10.1. The van der Waals surface area contributed by atoms with E-state index in [2.05, 4.69) is 20.9 Å². The van der Waals surface area contributed by atoms with Crippen molar-refractivity contribution < 1.29 is 29.0 Å². The van der Waals surface area contributed by atoms with Gasteiger partial charge in [-0.3, -0.25) is 24.2 Å². The van der Waals surface area contributed by atoms with Crippen molar-refractivity contribution in [1.82, 2.24) is 10.6 Å². The number of hydrogen-bond acceptors (Lipinski definition) is 6. The smallest absolute Gasteiger partial charge is 0.303 e. The van der Waals surface area contributed by atoms with E-state index in [9.17, 15) is 19.2 Å². The lowest BCUT2D eigenvalue weighted by molar-refractivity contribution is -0.137. The summed E-state index contributed by atoms with van der Waals surface area (Å²) in [5, 5.41) is 18.2. The first-order valence-corrected chi connectivity index (χ1v) is 11.4. The zero-order chi connectivity index (χ0) is 26.5. The number of ether oxygens (including phenoxy) is 1. The van der Waals surface area contributed by atoms with E-state index in [0.717, 1.165) is 10.8 Å². The van der Waals surface area contributed by atoms with Crippen LogP contribution in [0, 0.1) is 0 Å². The molecule has 12 heteroatoms. The molecule has 1 unspecified atom stereocenters. The fourth-order valence-electron chi connectivity index (χ4n) is 3.43. The maximum atomic E-state index is 13.1. The van der Waals surface area contributed by atoms with Gasteiger partial charge in [0.1, 0.15) is 11.8 Å². The Bertz CT molecular complexity index is 1120. The second-order valence-corrected chi connectivity index (χ2v) is 7.98. The largest absolute Gasteiger partial charge is 0.496 e. The number of nitrogens with zero attached hydrogens (tertiary/aromatic N) is 1. The molecule has 0 aliphatic heterocycles. The van der Waals surface area contributed by atoms with Gasteiger partial charge in [0.25, 0.3) is 0 Å². The SMILES string of the molecule is COc1cc(NC(=O)C(CCCN=C(N)N)NC(=O)CNC(=O)CCCC(=O)O)cc2ccccc12. The van der Waals surface area contributed by atoms with E-state index in [0.29, 0.717) is 17.9 Å². The minimum absolute atomic E-state index is 0.0220. The number of aliphatic imine (C=N–C) groups is 1. The molecule has 0 spiro atoms. The van der Waals surface area contributed by atoms with E-state index >= 15 is 0 Å². The van der Waals surface area contributed by atoms with Gasteiger partial charge in [0.2, 0.25) is 17.7 Å². The number of nitrogens with two attached hydrogens (primary N) is 2. The number of hydrogen-bond donors (Lipinski definition) is 6. The number of aliphatic carboxylic acids is 1. The van der Waals surface area contributed by atoms with Gasteiger partial charge in [-0.25, -0.2) is 0 Å². The molecule has 0 fully saturated rings. The van der Waals surface area contributed by atoms with Crippen LogP contribution in [0.2, 0.25) is 0 Å². The zero-order valence-electron chi connectivity index (χ0n) is 20.1. The molecule has 0 radical (unpaired) electrons. The lowest BCUT2D eigenvalue weighted by Gasteiger charge is -2.19. The minimum atomic E-state index is -1.00. The highest BCUT2D eigenvalue weighted by atomic mass is 16.5. The van der Waals surface area contributed by atoms with Crippen LogP contribution in [0.4, 0.5) is 5.69 Å². The number of fused-ring (bicyclic) bond motifs is 1. The fraction of sp³-hybridized carbons (Fsp3) is 0.375. The van der Waals surface area contributed by atoms with E-state index in [1.165, 1.54) is 7.11 Å². The van der Waals surface area contributed by atoms with Crippen LogP contribution in [-0.4, -0.2) is 61.0 Å². The van der Waals surface area contributed by atoms with E-state index in [1.807, 2.05) is 24.3 Å². The molecule has 1 atom stereocenters. The lowest BCUT2D eigenvalue weighted by Crippen LogP contribution is -2.47. The van der Waals surface area contributed by atoms with Crippen molar-refractivity contribution in [2.75, 3.05) is 25.5 Å². The number of anilines is 1. The van der Waals surface area contributed by atoms with E-state index < -0.39 is 29.7 Å². The summed E-state index contributed by atoms with van der Waals surface area (Å²) < 4.78 is 5.44. The predicted octanol–water partition coefficient (Wildman–Crippen LogP) is 0.696. The standard InChI is InChI=1S/C24H32N6O6/c1-36-19-13-16(12-15-6-2-3-7-17(15)19)29-23(35)18(8-5-11-27-24(25)26)30-21(32)14-28-20(31)9-4-10-22(33)34/h2-3,6-7,12-13,18H,4-5,8-11,14H2,1H3,(H,28,31)(H,29,35)(H,30,32)(H,33,34)(H4,25,26,27). The molecule has 0 saturated carbocycles. The van der Waals surface area contributed by atoms with Crippen LogP contribution in [0.1, 0.15) is 32.1 Å². The number of nitrogens with one attached hydrogen (secondary N) is 3. The number of carbonyl (C=O) groups is 4. The quantitative estimate of drug-likeness (QED) is 0.124. The Hall–Kier alpha value is -4.35. The topological polar surface area (TPSA) is 198 Å². The third kappa shape index (κ3) is 9.49. The second-order valence-electron chi connectivity index (χ2n) is 7.98. The van der Waals surface area contributed by atoms with Crippen molar-refractivity contribution in [3.8, 4) is 5.75 Å². The molecule has 2 rings (SSSR count). The highest BCUT2D eigenvalue weighted by Gasteiger charge is 2.21. The number of guanidine groups is 1. The number of carboxylic acids is 1. The number of methoxy groups -OCH3 is 1. The molecule has 0 bridgehead atoms. The fourth-order valence-corrected chi connectivity index (χ4v) is 3.43. The van der Waals surface area contributed by atoms with Gasteiger partial charge in [-0.15, -0.1) is 0 Å². The second kappa shape index (κ2) is 14.1. The first kappa shape index (κ1) is 27.9. The summed E-state index contributed by atoms with van der Waals surface area (Å²) in [6.45, 7) is -0.0839. The number of carbonyl (C=O) groups excluding carboxylic acids is 3. The molecular formula is C24H32N6O6. The van der Waals surface area contributed by atoms with Gasteiger partial charge < -0.3 is 37.3 Å². The molecule has 0 saturated heterocycles. The normalized spacial score (nSPS) is 11.2. The zero-order valence-corrected chi connectivity index (χ0v) is 20.1. The average molecular weight is 501 g/mol. The third-order valence-corrected chi connectivity index (χ3v) is 5.15. The van der Waals surface area contributed by atoms with Gasteiger partial charge in [0.05, 0.1) is 13.7 Å². The van der Waals surface area contributed by atoms with Crippen LogP contribution in [-0.2, 0) is 19.2 Å². The van der Waals surface area contributed by atoms with E-state index in [-0.39, 0.29) is 44.7 Å².